The molecule has 0 amide bonds. The van der Waals surface area contributed by atoms with Crippen molar-refractivity contribution in [3.8, 4) is 11.5 Å². The van der Waals surface area contributed by atoms with Crippen LogP contribution in [-0.4, -0.2) is 14.2 Å². The lowest BCUT2D eigenvalue weighted by molar-refractivity contribution is 0.410. The van der Waals surface area contributed by atoms with Crippen LogP contribution in [0.4, 0.5) is 10.1 Å². The highest BCUT2D eigenvalue weighted by Gasteiger charge is 2.09. The first-order valence-corrected chi connectivity index (χ1v) is 6.83. The minimum absolute atomic E-state index is 0.313. The van der Waals surface area contributed by atoms with Gasteiger partial charge in [0.2, 0.25) is 0 Å². The lowest BCUT2D eigenvalue weighted by Gasteiger charge is -2.14. The first kappa shape index (κ1) is 15.4. The fourth-order valence-electron chi connectivity index (χ4n) is 1.96. The molecule has 2 rings (SSSR count). The van der Waals surface area contributed by atoms with Crippen LogP contribution in [0.25, 0.3) is 0 Å². The van der Waals surface area contributed by atoms with Crippen molar-refractivity contribution in [3.05, 3.63) is 52.3 Å². The topological polar surface area (TPSA) is 30.5 Å². The number of ether oxygens (including phenoxy) is 2. The fraction of sp³-hybridized carbons (Fsp3) is 0.250. The van der Waals surface area contributed by atoms with Gasteiger partial charge in [0, 0.05) is 29.3 Å². The summed E-state index contributed by atoms with van der Waals surface area (Å²) in [6.07, 6.45) is 0. The highest BCUT2D eigenvalue weighted by atomic mass is 35.5. The molecule has 0 heterocycles. The van der Waals surface area contributed by atoms with Crippen molar-refractivity contribution in [1.29, 1.82) is 0 Å². The zero-order valence-corrected chi connectivity index (χ0v) is 12.9. The molecule has 0 radical (unpaired) electrons. The van der Waals surface area contributed by atoms with E-state index in [1.54, 1.807) is 25.3 Å². The number of rotatable bonds is 5. The van der Waals surface area contributed by atoms with E-state index in [4.69, 9.17) is 21.1 Å². The van der Waals surface area contributed by atoms with E-state index in [0.29, 0.717) is 28.6 Å². The molecule has 1 N–H and O–H groups in total. The van der Waals surface area contributed by atoms with E-state index in [9.17, 15) is 4.39 Å². The number of hydrogen-bond donors (Lipinski definition) is 1. The number of aryl methyl sites for hydroxylation is 1. The second-order valence-electron chi connectivity index (χ2n) is 4.61. The van der Waals surface area contributed by atoms with E-state index in [1.807, 2.05) is 13.0 Å². The van der Waals surface area contributed by atoms with Gasteiger partial charge in [0.15, 0.2) is 0 Å². The zero-order chi connectivity index (χ0) is 15.4. The molecule has 0 saturated carbocycles. The highest BCUT2D eigenvalue weighted by Crippen LogP contribution is 2.31. The van der Waals surface area contributed by atoms with Gasteiger partial charge in [0.05, 0.1) is 19.9 Å². The fourth-order valence-corrected chi connectivity index (χ4v) is 2.11. The average Bonchev–Trinajstić information content (AvgIpc) is 2.48. The van der Waals surface area contributed by atoms with E-state index >= 15 is 0 Å². The van der Waals surface area contributed by atoms with Crippen LogP contribution < -0.4 is 14.8 Å². The van der Waals surface area contributed by atoms with Crippen LogP contribution >= 0.6 is 11.6 Å². The third-order valence-corrected chi connectivity index (χ3v) is 3.62. The molecule has 0 fully saturated rings. The van der Waals surface area contributed by atoms with Gasteiger partial charge >= 0.3 is 0 Å². The summed E-state index contributed by atoms with van der Waals surface area (Å²) < 4.78 is 24.2. The maximum Gasteiger partial charge on any atom is 0.143 e. The molecule has 0 aliphatic heterocycles. The summed E-state index contributed by atoms with van der Waals surface area (Å²) in [5.74, 6) is 0.808. The Hall–Kier alpha value is -1.94. The molecule has 0 atom stereocenters. The van der Waals surface area contributed by atoms with Gasteiger partial charge in [0.1, 0.15) is 17.3 Å². The van der Waals surface area contributed by atoms with Crippen LogP contribution in [0.1, 0.15) is 11.1 Å². The Bertz CT molecular complexity index is 646. The zero-order valence-electron chi connectivity index (χ0n) is 12.2. The Labute approximate surface area is 128 Å². The van der Waals surface area contributed by atoms with Crippen LogP contribution in [0.2, 0.25) is 5.02 Å². The molecule has 0 spiro atoms. The van der Waals surface area contributed by atoms with Crippen LogP contribution in [0.3, 0.4) is 0 Å². The number of benzene rings is 2. The number of methoxy groups -OCH3 is 2. The molecular formula is C16H17ClFNO2. The number of halogens is 2. The third kappa shape index (κ3) is 3.58. The van der Waals surface area contributed by atoms with E-state index in [1.165, 1.54) is 13.2 Å². The number of anilines is 1. The second kappa shape index (κ2) is 6.68. The minimum Gasteiger partial charge on any atom is -0.497 e. The van der Waals surface area contributed by atoms with Crippen molar-refractivity contribution in [2.45, 2.75) is 13.5 Å². The standard InChI is InChI=1S/C16H17ClFNO2/c1-10-6-15(16(21-3)8-13(10)17)19-9-11-4-5-12(20-2)7-14(11)18/h4-8,19H,9H2,1-3H3. The van der Waals surface area contributed by atoms with Crippen molar-refractivity contribution in [2.75, 3.05) is 19.5 Å². The normalized spacial score (nSPS) is 10.3. The predicted molar refractivity (Wildman–Crippen MR) is 83.0 cm³/mol. The summed E-state index contributed by atoms with van der Waals surface area (Å²) in [6, 6.07) is 8.40. The molecule has 2 aromatic carbocycles. The van der Waals surface area contributed by atoms with Crippen LogP contribution in [0.5, 0.6) is 11.5 Å². The molecule has 0 aliphatic rings. The first-order valence-electron chi connectivity index (χ1n) is 6.45. The third-order valence-electron chi connectivity index (χ3n) is 3.21. The molecular weight excluding hydrogens is 293 g/mol. The predicted octanol–water partition coefficient (Wildman–Crippen LogP) is 4.42. The van der Waals surface area contributed by atoms with E-state index in [0.717, 1.165) is 11.3 Å². The molecule has 5 heteroatoms. The van der Waals surface area contributed by atoms with Crippen molar-refractivity contribution >= 4 is 17.3 Å². The Morgan fingerprint density at radius 2 is 1.90 bits per heavy atom. The summed E-state index contributed by atoms with van der Waals surface area (Å²) >= 11 is 6.06. The van der Waals surface area contributed by atoms with Gasteiger partial charge in [0.25, 0.3) is 0 Å². The minimum atomic E-state index is -0.313. The second-order valence-corrected chi connectivity index (χ2v) is 5.02. The van der Waals surface area contributed by atoms with Crippen molar-refractivity contribution in [1.82, 2.24) is 0 Å². The molecule has 0 aliphatic carbocycles. The molecule has 3 nitrogen and oxygen atoms in total. The molecule has 0 bridgehead atoms. The summed E-state index contributed by atoms with van der Waals surface area (Å²) in [6.45, 7) is 2.24. The Kier molecular flexibility index (Phi) is 4.91. The molecule has 0 aromatic heterocycles. The largest absolute Gasteiger partial charge is 0.497 e. The van der Waals surface area contributed by atoms with Gasteiger partial charge in [-0.15, -0.1) is 0 Å². The van der Waals surface area contributed by atoms with Crippen LogP contribution in [0.15, 0.2) is 30.3 Å². The van der Waals surface area contributed by atoms with Gasteiger partial charge in [-0.2, -0.15) is 0 Å². The SMILES string of the molecule is COc1ccc(CNc2cc(C)c(Cl)cc2OC)c(F)c1. The van der Waals surface area contributed by atoms with Crippen LogP contribution in [-0.2, 0) is 6.54 Å². The summed E-state index contributed by atoms with van der Waals surface area (Å²) in [5.41, 5.74) is 2.25. The highest BCUT2D eigenvalue weighted by molar-refractivity contribution is 6.31. The Morgan fingerprint density at radius 1 is 1.14 bits per heavy atom. The van der Waals surface area contributed by atoms with Gasteiger partial charge < -0.3 is 14.8 Å². The van der Waals surface area contributed by atoms with Gasteiger partial charge in [-0.3, -0.25) is 0 Å². The average molecular weight is 310 g/mol. The van der Waals surface area contributed by atoms with E-state index in [-0.39, 0.29) is 5.82 Å². The molecule has 21 heavy (non-hydrogen) atoms. The van der Waals surface area contributed by atoms with Gasteiger partial charge in [-0.25, -0.2) is 4.39 Å². The van der Waals surface area contributed by atoms with Crippen molar-refractivity contribution in [3.63, 3.8) is 0 Å². The lowest BCUT2D eigenvalue weighted by Crippen LogP contribution is -2.04. The molecule has 2 aromatic rings. The lowest BCUT2D eigenvalue weighted by atomic mass is 10.1. The molecule has 112 valence electrons. The van der Waals surface area contributed by atoms with Crippen molar-refractivity contribution in [2.24, 2.45) is 0 Å². The maximum atomic E-state index is 13.9. The Balaban J connectivity index is 2.18. The maximum absolute atomic E-state index is 13.9. The molecule has 0 unspecified atom stereocenters. The number of hydrogen-bond acceptors (Lipinski definition) is 3. The first-order chi connectivity index (χ1) is 10.0. The summed E-state index contributed by atoms with van der Waals surface area (Å²) in [7, 11) is 3.08. The molecule has 0 saturated heterocycles. The monoisotopic (exact) mass is 309 g/mol. The van der Waals surface area contributed by atoms with Crippen molar-refractivity contribution < 1.29 is 13.9 Å². The summed E-state index contributed by atoms with van der Waals surface area (Å²) in [5, 5.41) is 3.79. The van der Waals surface area contributed by atoms with E-state index < -0.39 is 0 Å². The number of nitrogens with one attached hydrogen (secondary N) is 1. The quantitative estimate of drug-likeness (QED) is 0.887. The smallest absolute Gasteiger partial charge is 0.143 e. The van der Waals surface area contributed by atoms with Crippen LogP contribution in [0, 0.1) is 12.7 Å². The van der Waals surface area contributed by atoms with Gasteiger partial charge in [-0.1, -0.05) is 17.7 Å². The Morgan fingerprint density at radius 3 is 2.52 bits per heavy atom. The van der Waals surface area contributed by atoms with E-state index in [2.05, 4.69) is 5.32 Å². The van der Waals surface area contributed by atoms with Gasteiger partial charge in [-0.05, 0) is 24.6 Å². The summed E-state index contributed by atoms with van der Waals surface area (Å²) in [4.78, 5) is 0.